The average molecular weight is 288 g/mol. The van der Waals surface area contributed by atoms with Crippen LogP contribution < -0.4 is 4.74 Å². The van der Waals surface area contributed by atoms with E-state index < -0.39 is 10.8 Å². The Balaban J connectivity index is 2.10. The van der Waals surface area contributed by atoms with E-state index >= 15 is 0 Å². The number of ether oxygens (including phenoxy) is 1. The van der Waals surface area contributed by atoms with Crippen molar-refractivity contribution in [3.8, 4) is 5.75 Å². The molecule has 0 aliphatic carbocycles. The molecule has 0 heterocycles. The van der Waals surface area contributed by atoms with Crippen LogP contribution >= 0.6 is 0 Å². The average Bonchev–Trinajstić information content (AvgIpc) is 2.47. The van der Waals surface area contributed by atoms with E-state index in [-0.39, 0.29) is 11.5 Å². The van der Waals surface area contributed by atoms with Crippen LogP contribution in [0.2, 0.25) is 0 Å². The zero-order valence-electron chi connectivity index (χ0n) is 11.5. The number of rotatable bonds is 5. The lowest BCUT2D eigenvalue weighted by Gasteiger charge is -2.05. The molecule has 0 aliphatic heterocycles. The smallest absolute Gasteiger partial charge is 0.175 e. The number of aryl methyl sites for hydroxylation is 1. The highest BCUT2D eigenvalue weighted by Gasteiger charge is 2.12. The monoisotopic (exact) mass is 288 g/mol. The topological polar surface area (TPSA) is 43.4 Å². The molecule has 0 saturated carbocycles. The minimum absolute atomic E-state index is 0.0176. The van der Waals surface area contributed by atoms with Crippen LogP contribution in [0.3, 0.4) is 0 Å². The highest BCUT2D eigenvalue weighted by Crippen LogP contribution is 2.16. The van der Waals surface area contributed by atoms with Crippen LogP contribution in [-0.4, -0.2) is 22.9 Å². The Morgan fingerprint density at radius 3 is 2.50 bits per heavy atom. The standard InChI is InChI=1S/C16H16O3S/c1-12-6-8-13(9-7-12)16(17)11-20(18)15-5-3-4-14(10-15)19-2/h3-10H,11H2,1-2H3. The second kappa shape index (κ2) is 6.48. The van der Waals surface area contributed by atoms with Gasteiger partial charge in [0.25, 0.3) is 0 Å². The number of ketones is 1. The largest absolute Gasteiger partial charge is 0.497 e. The third-order valence-electron chi connectivity index (χ3n) is 2.94. The molecule has 2 rings (SSSR count). The molecule has 0 fully saturated rings. The van der Waals surface area contributed by atoms with Crippen molar-refractivity contribution in [2.75, 3.05) is 12.9 Å². The molecule has 20 heavy (non-hydrogen) atoms. The van der Waals surface area contributed by atoms with Crippen LogP contribution in [0.15, 0.2) is 53.4 Å². The Hall–Kier alpha value is -1.94. The quantitative estimate of drug-likeness (QED) is 0.794. The van der Waals surface area contributed by atoms with Crippen LogP contribution in [0.5, 0.6) is 5.75 Å². The number of methoxy groups -OCH3 is 1. The van der Waals surface area contributed by atoms with E-state index in [1.54, 1.807) is 43.5 Å². The van der Waals surface area contributed by atoms with Gasteiger partial charge >= 0.3 is 0 Å². The van der Waals surface area contributed by atoms with E-state index in [0.29, 0.717) is 16.2 Å². The van der Waals surface area contributed by atoms with Gasteiger partial charge in [0, 0.05) is 10.5 Å². The Kier molecular flexibility index (Phi) is 4.69. The van der Waals surface area contributed by atoms with Crippen LogP contribution in [-0.2, 0) is 10.8 Å². The molecule has 0 aromatic heterocycles. The molecule has 3 nitrogen and oxygen atoms in total. The summed E-state index contributed by atoms with van der Waals surface area (Å²) >= 11 is 0. The molecule has 0 spiro atoms. The number of carbonyl (C=O) groups excluding carboxylic acids is 1. The summed E-state index contributed by atoms with van der Waals surface area (Å²) in [7, 11) is 0.194. The molecule has 0 N–H and O–H groups in total. The van der Waals surface area contributed by atoms with Gasteiger partial charge in [0.2, 0.25) is 0 Å². The molecule has 104 valence electrons. The summed E-state index contributed by atoms with van der Waals surface area (Å²) < 4.78 is 17.3. The first-order valence-electron chi connectivity index (χ1n) is 6.22. The molecule has 0 saturated heterocycles. The fourth-order valence-corrected chi connectivity index (χ4v) is 2.82. The summed E-state index contributed by atoms with van der Waals surface area (Å²) in [5.41, 5.74) is 1.68. The van der Waals surface area contributed by atoms with E-state index in [9.17, 15) is 9.00 Å². The van der Waals surface area contributed by atoms with Gasteiger partial charge < -0.3 is 4.74 Å². The lowest BCUT2D eigenvalue weighted by atomic mass is 10.1. The first-order valence-corrected chi connectivity index (χ1v) is 7.54. The van der Waals surface area contributed by atoms with Gasteiger partial charge in [-0.25, -0.2) is 0 Å². The third-order valence-corrected chi connectivity index (χ3v) is 4.24. The minimum atomic E-state index is -1.36. The van der Waals surface area contributed by atoms with Crippen molar-refractivity contribution in [1.82, 2.24) is 0 Å². The van der Waals surface area contributed by atoms with Crippen LogP contribution in [0.4, 0.5) is 0 Å². The van der Waals surface area contributed by atoms with Gasteiger partial charge in [-0.1, -0.05) is 35.9 Å². The Morgan fingerprint density at radius 2 is 1.85 bits per heavy atom. The minimum Gasteiger partial charge on any atom is -0.497 e. The van der Waals surface area contributed by atoms with Gasteiger partial charge in [0.1, 0.15) is 5.75 Å². The molecular formula is C16H16O3S. The third kappa shape index (κ3) is 3.54. The summed E-state index contributed by atoms with van der Waals surface area (Å²) in [6, 6.07) is 14.3. The maximum Gasteiger partial charge on any atom is 0.175 e. The summed E-state index contributed by atoms with van der Waals surface area (Å²) in [6.07, 6.45) is 0. The van der Waals surface area contributed by atoms with Crippen molar-refractivity contribution in [2.45, 2.75) is 11.8 Å². The van der Waals surface area contributed by atoms with Gasteiger partial charge in [-0.3, -0.25) is 9.00 Å². The fourth-order valence-electron chi connectivity index (χ4n) is 1.77. The van der Waals surface area contributed by atoms with Crippen molar-refractivity contribution in [2.24, 2.45) is 0 Å². The van der Waals surface area contributed by atoms with E-state index in [1.165, 1.54) is 0 Å². The normalized spacial score (nSPS) is 11.9. The zero-order valence-corrected chi connectivity index (χ0v) is 12.3. The first kappa shape index (κ1) is 14.5. The van der Waals surface area contributed by atoms with Gasteiger partial charge in [0.05, 0.1) is 23.7 Å². The molecule has 1 atom stereocenters. The second-order valence-corrected chi connectivity index (χ2v) is 5.91. The molecular weight excluding hydrogens is 272 g/mol. The summed E-state index contributed by atoms with van der Waals surface area (Å²) in [6.45, 7) is 1.96. The van der Waals surface area contributed by atoms with Crippen molar-refractivity contribution in [3.05, 3.63) is 59.7 Å². The molecule has 2 aromatic carbocycles. The molecule has 0 amide bonds. The summed E-state index contributed by atoms with van der Waals surface area (Å²) in [5.74, 6) is 0.501. The summed E-state index contributed by atoms with van der Waals surface area (Å²) in [5, 5.41) is 0. The fraction of sp³-hybridized carbons (Fsp3) is 0.188. The molecule has 0 bridgehead atoms. The van der Waals surface area contributed by atoms with Crippen LogP contribution in [0.25, 0.3) is 0 Å². The number of Topliss-reactive ketones (excluding diaryl/α,β-unsaturated/α-hetero) is 1. The number of hydrogen-bond donors (Lipinski definition) is 0. The first-order chi connectivity index (χ1) is 9.60. The van der Waals surface area contributed by atoms with Gasteiger partial charge in [0.15, 0.2) is 5.78 Å². The van der Waals surface area contributed by atoms with Gasteiger partial charge in [-0.15, -0.1) is 0 Å². The lowest BCUT2D eigenvalue weighted by molar-refractivity contribution is 0.102. The van der Waals surface area contributed by atoms with E-state index in [0.717, 1.165) is 5.56 Å². The second-order valence-electron chi connectivity index (χ2n) is 4.46. The van der Waals surface area contributed by atoms with E-state index in [1.807, 2.05) is 19.1 Å². The molecule has 0 radical (unpaired) electrons. The molecule has 0 aliphatic rings. The van der Waals surface area contributed by atoms with Crippen molar-refractivity contribution >= 4 is 16.6 Å². The van der Waals surface area contributed by atoms with Crippen molar-refractivity contribution in [3.63, 3.8) is 0 Å². The van der Waals surface area contributed by atoms with E-state index in [4.69, 9.17) is 4.74 Å². The molecule has 2 aromatic rings. The maximum atomic E-state index is 12.2. The van der Waals surface area contributed by atoms with Crippen LogP contribution in [0.1, 0.15) is 15.9 Å². The highest BCUT2D eigenvalue weighted by atomic mass is 32.2. The number of benzene rings is 2. The Morgan fingerprint density at radius 1 is 1.15 bits per heavy atom. The Bertz CT molecular complexity index is 632. The van der Waals surface area contributed by atoms with E-state index in [2.05, 4.69) is 0 Å². The SMILES string of the molecule is COc1cccc(S(=O)CC(=O)c2ccc(C)cc2)c1. The molecule has 1 unspecified atom stereocenters. The van der Waals surface area contributed by atoms with Gasteiger partial charge in [-0.05, 0) is 25.1 Å². The van der Waals surface area contributed by atoms with Crippen molar-refractivity contribution < 1.29 is 13.7 Å². The van der Waals surface area contributed by atoms with Gasteiger partial charge in [-0.2, -0.15) is 0 Å². The zero-order chi connectivity index (χ0) is 14.5. The van der Waals surface area contributed by atoms with Crippen LogP contribution in [0, 0.1) is 6.92 Å². The predicted molar refractivity (Wildman–Crippen MR) is 79.8 cm³/mol. The van der Waals surface area contributed by atoms with Crippen molar-refractivity contribution in [1.29, 1.82) is 0 Å². The highest BCUT2D eigenvalue weighted by molar-refractivity contribution is 7.85. The number of hydrogen-bond acceptors (Lipinski definition) is 3. The maximum absolute atomic E-state index is 12.2. The number of carbonyl (C=O) groups is 1. The lowest BCUT2D eigenvalue weighted by Crippen LogP contribution is -2.11. The summed E-state index contributed by atoms with van der Waals surface area (Å²) in [4.78, 5) is 12.7. The molecule has 4 heteroatoms. The predicted octanol–water partition coefficient (Wildman–Crippen LogP) is 2.99. The Labute approximate surface area is 121 Å².